The summed E-state index contributed by atoms with van der Waals surface area (Å²) in [7, 11) is 0. The van der Waals surface area contributed by atoms with Crippen LogP contribution in [0.2, 0.25) is 0 Å². The number of thiophene rings is 1. The smallest absolute Gasteiger partial charge is 0.0619 e. The Bertz CT molecular complexity index is 3130. The van der Waals surface area contributed by atoms with Gasteiger partial charge in [0.1, 0.15) is 0 Å². The highest BCUT2D eigenvalue weighted by molar-refractivity contribution is 7.25. The maximum atomic E-state index is 2.47. The fourth-order valence-corrected chi connectivity index (χ4v) is 9.43. The molecule has 0 saturated carbocycles. The molecule has 11 rings (SSSR count). The van der Waals surface area contributed by atoms with Crippen LogP contribution < -0.4 is 0 Å². The minimum absolute atomic E-state index is 1.16. The molecular weight excluding hydrogens is 637 g/mol. The molecule has 0 aliphatic rings. The van der Waals surface area contributed by atoms with E-state index in [9.17, 15) is 0 Å². The number of aromatic nitrogens is 2. The Morgan fingerprint density at radius 2 is 0.941 bits per heavy atom. The highest BCUT2D eigenvalue weighted by Gasteiger charge is 2.19. The lowest BCUT2D eigenvalue weighted by molar-refractivity contribution is 1.18. The molecule has 2 nitrogen and oxygen atoms in total. The van der Waals surface area contributed by atoms with Crippen LogP contribution in [-0.2, 0) is 0 Å². The monoisotopic (exact) mass is 666 g/mol. The van der Waals surface area contributed by atoms with Gasteiger partial charge in [0.2, 0.25) is 0 Å². The zero-order valence-corrected chi connectivity index (χ0v) is 28.4. The number of nitrogens with zero attached hydrogens (tertiary/aromatic N) is 2. The molecule has 0 radical (unpaired) electrons. The van der Waals surface area contributed by atoms with E-state index in [1.54, 1.807) is 0 Å². The topological polar surface area (TPSA) is 9.86 Å². The molecule has 3 heteroatoms. The molecule has 0 aliphatic carbocycles. The predicted octanol–water partition coefficient (Wildman–Crippen LogP) is 13.6. The van der Waals surface area contributed by atoms with Crippen molar-refractivity contribution >= 4 is 75.1 Å². The first-order chi connectivity index (χ1) is 25.3. The van der Waals surface area contributed by atoms with Gasteiger partial charge in [-0.1, -0.05) is 121 Å². The van der Waals surface area contributed by atoms with Gasteiger partial charge in [0.05, 0.1) is 27.8 Å². The molecule has 0 fully saturated rings. The lowest BCUT2D eigenvalue weighted by atomic mass is 9.99. The summed E-state index contributed by atoms with van der Waals surface area (Å²) in [4.78, 5) is 0. The fourth-order valence-electron chi connectivity index (χ4n) is 8.30. The van der Waals surface area contributed by atoms with Crippen LogP contribution in [0.5, 0.6) is 0 Å². The van der Waals surface area contributed by atoms with Crippen LogP contribution >= 0.6 is 11.3 Å². The molecule has 51 heavy (non-hydrogen) atoms. The molecule has 0 spiro atoms. The van der Waals surface area contributed by atoms with Crippen molar-refractivity contribution in [2.45, 2.75) is 0 Å². The van der Waals surface area contributed by atoms with Crippen molar-refractivity contribution in [2.75, 3.05) is 0 Å². The zero-order valence-electron chi connectivity index (χ0n) is 27.6. The third-order valence-electron chi connectivity index (χ3n) is 10.5. The molecule has 0 saturated heterocycles. The van der Waals surface area contributed by atoms with Crippen molar-refractivity contribution in [1.82, 2.24) is 9.13 Å². The average Bonchev–Trinajstić information content (AvgIpc) is 3.86. The van der Waals surface area contributed by atoms with Gasteiger partial charge in [0.15, 0.2) is 0 Å². The predicted molar refractivity (Wildman–Crippen MR) is 219 cm³/mol. The van der Waals surface area contributed by atoms with Gasteiger partial charge in [-0.05, 0) is 77.4 Å². The summed E-state index contributed by atoms with van der Waals surface area (Å²) >= 11 is 1.87. The molecule has 3 aromatic heterocycles. The zero-order chi connectivity index (χ0) is 33.5. The van der Waals surface area contributed by atoms with Crippen molar-refractivity contribution in [3.8, 4) is 33.6 Å². The summed E-state index contributed by atoms with van der Waals surface area (Å²) in [5.74, 6) is 0. The van der Waals surface area contributed by atoms with E-state index >= 15 is 0 Å². The molecule has 0 N–H and O–H groups in total. The Hall–Kier alpha value is -6.42. The van der Waals surface area contributed by atoms with E-state index in [0.717, 1.165) is 5.69 Å². The molecule has 0 unspecified atom stereocenters. The van der Waals surface area contributed by atoms with Crippen LogP contribution in [0, 0.1) is 0 Å². The van der Waals surface area contributed by atoms with E-state index in [1.165, 1.54) is 91.7 Å². The first kappa shape index (κ1) is 28.4. The van der Waals surface area contributed by atoms with Crippen LogP contribution in [0.3, 0.4) is 0 Å². The Balaban J connectivity index is 1.15. The van der Waals surface area contributed by atoms with Crippen molar-refractivity contribution in [3.05, 3.63) is 182 Å². The van der Waals surface area contributed by atoms with Crippen LogP contribution in [0.15, 0.2) is 182 Å². The second-order valence-electron chi connectivity index (χ2n) is 13.3. The van der Waals surface area contributed by atoms with Gasteiger partial charge in [-0.25, -0.2) is 0 Å². The third-order valence-corrected chi connectivity index (χ3v) is 11.6. The highest BCUT2D eigenvalue weighted by Crippen LogP contribution is 2.43. The second-order valence-corrected chi connectivity index (χ2v) is 14.4. The van der Waals surface area contributed by atoms with E-state index in [-0.39, 0.29) is 0 Å². The summed E-state index contributed by atoms with van der Waals surface area (Å²) in [6.07, 6.45) is 0. The molecule has 3 heterocycles. The lowest BCUT2D eigenvalue weighted by Crippen LogP contribution is -1.95. The van der Waals surface area contributed by atoms with Crippen LogP contribution in [0.1, 0.15) is 0 Å². The van der Waals surface area contributed by atoms with Gasteiger partial charge in [0, 0.05) is 53.0 Å². The van der Waals surface area contributed by atoms with E-state index < -0.39 is 0 Å². The van der Waals surface area contributed by atoms with Gasteiger partial charge in [0.25, 0.3) is 0 Å². The van der Waals surface area contributed by atoms with E-state index in [0.29, 0.717) is 0 Å². The molecule has 11 aromatic rings. The minimum Gasteiger partial charge on any atom is -0.309 e. The van der Waals surface area contributed by atoms with Crippen molar-refractivity contribution in [3.63, 3.8) is 0 Å². The normalized spacial score (nSPS) is 11.9. The molecule has 0 atom stereocenters. The molecule has 0 aliphatic heterocycles. The number of fused-ring (bicyclic) bond motifs is 9. The standard InChI is InChI=1S/C48H30N2S/c1-3-13-31(14-4-1)35-19-11-20-37-40-30-33(25-27-42(40)49(48(35)37)34-15-5-2-6-16-34)32-26-28-43-39(29-32)36-17-7-9-21-41(36)50(43)44-22-12-24-46-47(44)38-18-8-10-23-45(38)51-46/h1-30H. The molecule has 238 valence electrons. The molecule has 8 aromatic carbocycles. The van der Waals surface area contributed by atoms with Crippen LogP contribution in [0.4, 0.5) is 0 Å². The number of hydrogen-bond acceptors (Lipinski definition) is 1. The molecular formula is C48H30N2S. The largest absolute Gasteiger partial charge is 0.309 e. The number of hydrogen-bond donors (Lipinski definition) is 0. The quantitative estimate of drug-likeness (QED) is 0.177. The van der Waals surface area contributed by atoms with Crippen molar-refractivity contribution < 1.29 is 0 Å². The van der Waals surface area contributed by atoms with Crippen molar-refractivity contribution in [2.24, 2.45) is 0 Å². The van der Waals surface area contributed by atoms with Crippen LogP contribution in [-0.4, -0.2) is 9.13 Å². The summed E-state index contributed by atoms with van der Waals surface area (Å²) in [6.45, 7) is 0. The second kappa shape index (κ2) is 11.0. The van der Waals surface area contributed by atoms with Crippen molar-refractivity contribution in [1.29, 1.82) is 0 Å². The third kappa shape index (κ3) is 4.22. The maximum absolute atomic E-state index is 2.47. The SMILES string of the molecule is c1ccc(-c2cccc3c4cc(-c5ccc6c(c5)c5ccccc5n6-c5cccc6sc7ccccc7c56)ccc4n(-c4ccccc4)c23)cc1. The lowest BCUT2D eigenvalue weighted by Gasteiger charge is -2.12. The summed E-state index contributed by atoms with van der Waals surface area (Å²) in [6, 6.07) is 66.6. The van der Waals surface area contributed by atoms with Gasteiger partial charge in [-0.3, -0.25) is 0 Å². The number of para-hydroxylation sites is 3. The Kier molecular flexibility index (Phi) is 6.16. The van der Waals surface area contributed by atoms with E-state index in [1.807, 2.05) is 11.3 Å². The Morgan fingerprint density at radius 1 is 0.353 bits per heavy atom. The van der Waals surface area contributed by atoms with E-state index in [2.05, 4.69) is 191 Å². The van der Waals surface area contributed by atoms with Gasteiger partial charge in [-0.2, -0.15) is 0 Å². The van der Waals surface area contributed by atoms with E-state index in [4.69, 9.17) is 0 Å². The summed E-state index contributed by atoms with van der Waals surface area (Å²) in [5.41, 5.74) is 12.2. The summed E-state index contributed by atoms with van der Waals surface area (Å²) < 4.78 is 7.54. The number of benzene rings is 8. The van der Waals surface area contributed by atoms with Gasteiger partial charge in [-0.15, -0.1) is 11.3 Å². The first-order valence-electron chi connectivity index (χ1n) is 17.4. The van der Waals surface area contributed by atoms with Gasteiger partial charge < -0.3 is 9.13 Å². The number of rotatable bonds is 4. The van der Waals surface area contributed by atoms with Crippen LogP contribution in [0.25, 0.3) is 97.4 Å². The minimum atomic E-state index is 1.16. The maximum Gasteiger partial charge on any atom is 0.0619 e. The summed E-state index contributed by atoms with van der Waals surface area (Å²) in [5, 5.41) is 7.67. The Labute approximate surface area is 298 Å². The Morgan fingerprint density at radius 3 is 1.75 bits per heavy atom. The molecule has 0 amide bonds. The van der Waals surface area contributed by atoms with Gasteiger partial charge >= 0.3 is 0 Å². The average molecular weight is 667 g/mol. The first-order valence-corrected chi connectivity index (χ1v) is 18.3. The fraction of sp³-hybridized carbons (Fsp3) is 0. The molecule has 0 bridgehead atoms. The highest BCUT2D eigenvalue weighted by atomic mass is 32.1.